The van der Waals surface area contributed by atoms with E-state index in [0.717, 1.165) is 9.87 Å². The van der Waals surface area contributed by atoms with Crippen molar-refractivity contribution < 1.29 is 26.8 Å². The lowest BCUT2D eigenvalue weighted by atomic mass is 10.1. The van der Waals surface area contributed by atoms with E-state index in [4.69, 9.17) is 14.0 Å². The Morgan fingerprint density at radius 3 is 2.60 bits per heavy atom. The van der Waals surface area contributed by atoms with Crippen LogP contribution >= 0.6 is 0 Å². The normalized spacial score (nSPS) is 16.4. The van der Waals surface area contributed by atoms with E-state index in [1.54, 1.807) is 6.92 Å². The fraction of sp³-hybridized carbons (Fsp3) is 0.286. The molecule has 0 amide bonds. The molecule has 2 heterocycles. The van der Waals surface area contributed by atoms with Crippen LogP contribution in [0.1, 0.15) is 34.4 Å². The number of hydrogen-bond donors (Lipinski definition) is 0. The first-order chi connectivity index (χ1) is 14.3. The maximum Gasteiger partial charge on any atom is 0.248 e. The van der Waals surface area contributed by atoms with Crippen molar-refractivity contribution >= 4 is 10.0 Å². The maximum absolute atomic E-state index is 14.2. The summed E-state index contributed by atoms with van der Waals surface area (Å²) >= 11 is 0. The van der Waals surface area contributed by atoms with E-state index in [9.17, 15) is 12.8 Å². The second-order valence-electron chi connectivity index (χ2n) is 7.14. The van der Waals surface area contributed by atoms with Gasteiger partial charge in [-0.25, -0.2) is 12.8 Å². The van der Waals surface area contributed by atoms with Crippen molar-refractivity contribution in [2.45, 2.75) is 38.2 Å². The fourth-order valence-corrected chi connectivity index (χ4v) is 4.92. The van der Waals surface area contributed by atoms with Gasteiger partial charge < -0.3 is 14.0 Å². The Hall–Kier alpha value is -2.75. The zero-order chi connectivity index (χ0) is 21.5. The number of hydrogen-bond acceptors (Lipinski definition) is 6. The zero-order valence-electron chi connectivity index (χ0n) is 16.8. The SMILES string of the molecule is Cc1noc(C)c1S(=O)(=O)N(C)Cc1cc(F)cc2c1O[C@@H](c1ccccc1)OC2. The highest BCUT2D eigenvalue weighted by molar-refractivity contribution is 7.89. The third-order valence-corrected chi connectivity index (χ3v) is 6.97. The average Bonchev–Trinajstić information content (AvgIpc) is 3.07. The van der Waals surface area contributed by atoms with E-state index in [0.29, 0.717) is 16.9 Å². The molecule has 0 saturated heterocycles. The van der Waals surface area contributed by atoms with Gasteiger partial charge in [-0.15, -0.1) is 0 Å². The van der Waals surface area contributed by atoms with Crippen molar-refractivity contribution in [1.82, 2.24) is 9.46 Å². The van der Waals surface area contributed by atoms with Crippen LogP contribution < -0.4 is 4.74 Å². The van der Waals surface area contributed by atoms with Crippen molar-refractivity contribution in [1.29, 1.82) is 0 Å². The highest BCUT2D eigenvalue weighted by Crippen LogP contribution is 2.37. The third kappa shape index (κ3) is 3.71. The Bertz CT molecular complexity index is 1160. The molecule has 2 aromatic carbocycles. The minimum atomic E-state index is -3.89. The van der Waals surface area contributed by atoms with Crippen LogP contribution in [0.3, 0.4) is 0 Å². The number of rotatable bonds is 5. The van der Waals surface area contributed by atoms with Gasteiger partial charge in [-0.1, -0.05) is 35.5 Å². The Morgan fingerprint density at radius 2 is 1.93 bits per heavy atom. The Kier molecular flexibility index (Phi) is 5.35. The van der Waals surface area contributed by atoms with Gasteiger partial charge in [0.25, 0.3) is 0 Å². The van der Waals surface area contributed by atoms with E-state index in [-0.39, 0.29) is 29.5 Å². The molecule has 1 aliphatic heterocycles. The molecule has 0 radical (unpaired) electrons. The molecule has 0 unspecified atom stereocenters. The molecular formula is C21H21FN2O5S. The van der Waals surface area contributed by atoms with Crippen molar-refractivity contribution in [3.8, 4) is 5.75 Å². The van der Waals surface area contributed by atoms with Gasteiger partial charge in [0.15, 0.2) is 5.76 Å². The van der Waals surface area contributed by atoms with Crippen molar-refractivity contribution in [2.75, 3.05) is 7.05 Å². The van der Waals surface area contributed by atoms with Crippen LogP contribution in [0.15, 0.2) is 51.9 Å². The Labute approximate surface area is 174 Å². The molecule has 0 fully saturated rings. The molecule has 158 valence electrons. The predicted molar refractivity (Wildman–Crippen MR) is 106 cm³/mol. The van der Waals surface area contributed by atoms with E-state index in [1.807, 2.05) is 30.3 Å². The van der Waals surface area contributed by atoms with Crippen LogP contribution in [0.4, 0.5) is 4.39 Å². The first-order valence-electron chi connectivity index (χ1n) is 9.31. The second-order valence-corrected chi connectivity index (χ2v) is 9.12. The molecule has 1 aliphatic rings. The number of halogens is 1. The predicted octanol–water partition coefficient (Wildman–Crippen LogP) is 3.86. The van der Waals surface area contributed by atoms with Crippen LogP contribution in [-0.2, 0) is 27.9 Å². The van der Waals surface area contributed by atoms with Crippen LogP contribution in [0, 0.1) is 19.7 Å². The summed E-state index contributed by atoms with van der Waals surface area (Å²) < 4.78 is 58.2. The molecule has 1 aromatic heterocycles. The highest BCUT2D eigenvalue weighted by Gasteiger charge is 2.31. The third-order valence-electron chi connectivity index (χ3n) is 4.92. The largest absolute Gasteiger partial charge is 0.460 e. The van der Waals surface area contributed by atoms with Crippen molar-refractivity contribution in [3.05, 3.63) is 76.4 Å². The molecule has 7 nitrogen and oxygen atoms in total. The molecule has 0 spiro atoms. The van der Waals surface area contributed by atoms with Crippen LogP contribution in [-0.4, -0.2) is 24.9 Å². The molecule has 9 heteroatoms. The fourth-order valence-electron chi connectivity index (χ4n) is 3.49. The number of sulfonamides is 1. The molecule has 0 aliphatic carbocycles. The van der Waals surface area contributed by atoms with Crippen LogP contribution in [0.5, 0.6) is 5.75 Å². The van der Waals surface area contributed by atoms with Gasteiger partial charge in [-0.3, -0.25) is 0 Å². The van der Waals surface area contributed by atoms with Gasteiger partial charge in [0, 0.05) is 30.3 Å². The van der Waals surface area contributed by atoms with Crippen molar-refractivity contribution in [3.63, 3.8) is 0 Å². The summed E-state index contributed by atoms with van der Waals surface area (Å²) in [5.74, 6) is 0.143. The smallest absolute Gasteiger partial charge is 0.248 e. The van der Waals surface area contributed by atoms with Crippen LogP contribution in [0.2, 0.25) is 0 Å². The number of benzene rings is 2. The first kappa shape index (κ1) is 20.5. The summed E-state index contributed by atoms with van der Waals surface area (Å²) in [5.41, 5.74) is 2.02. The minimum Gasteiger partial charge on any atom is -0.460 e. The summed E-state index contributed by atoms with van der Waals surface area (Å²) in [5, 5.41) is 3.72. The lowest BCUT2D eigenvalue weighted by molar-refractivity contribution is -0.112. The van der Waals surface area contributed by atoms with Gasteiger partial charge in [0.05, 0.1) is 6.61 Å². The molecule has 0 bridgehead atoms. The summed E-state index contributed by atoms with van der Waals surface area (Å²) in [4.78, 5) is 0.0154. The lowest BCUT2D eigenvalue weighted by Crippen LogP contribution is -2.28. The topological polar surface area (TPSA) is 81.9 Å². The van der Waals surface area contributed by atoms with Gasteiger partial charge in [-0.05, 0) is 26.0 Å². The number of aryl methyl sites for hydroxylation is 2. The van der Waals surface area contributed by atoms with Gasteiger partial charge >= 0.3 is 0 Å². The Balaban J connectivity index is 1.66. The first-order valence-corrected chi connectivity index (χ1v) is 10.7. The number of nitrogens with zero attached hydrogens (tertiary/aromatic N) is 2. The summed E-state index contributed by atoms with van der Waals surface area (Å²) in [6.45, 7) is 3.16. The van der Waals surface area contributed by atoms with Gasteiger partial charge in [0.1, 0.15) is 22.2 Å². The molecule has 1 atom stereocenters. The molecular weight excluding hydrogens is 411 g/mol. The summed E-state index contributed by atoms with van der Waals surface area (Å²) in [6, 6.07) is 12.0. The Morgan fingerprint density at radius 1 is 1.20 bits per heavy atom. The van der Waals surface area contributed by atoms with E-state index >= 15 is 0 Å². The molecule has 0 saturated carbocycles. The average molecular weight is 432 g/mol. The van der Waals surface area contributed by atoms with E-state index < -0.39 is 22.1 Å². The van der Waals surface area contributed by atoms with Crippen LogP contribution in [0.25, 0.3) is 0 Å². The summed E-state index contributed by atoms with van der Waals surface area (Å²) in [7, 11) is -2.47. The number of aromatic nitrogens is 1. The molecule has 0 N–H and O–H groups in total. The van der Waals surface area contributed by atoms with Crippen molar-refractivity contribution in [2.24, 2.45) is 0 Å². The number of ether oxygens (including phenoxy) is 2. The monoisotopic (exact) mass is 432 g/mol. The molecule has 30 heavy (non-hydrogen) atoms. The van der Waals surface area contributed by atoms with E-state index in [2.05, 4.69) is 5.16 Å². The summed E-state index contributed by atoms with van der Waals surface area (Å²) in [6.07, 6.45) is -0.660. The van der Waals surface area contributed by atoms with Gasteiger partial charge in [-0.2, -0.15) is 4.31 Å². The standard InChI is InChI=1S/C21H21FN2O5S/c1-13-20(14(2)29-23-13)30(25,26)24(3)11-16-9-18(22)10-17-12-27-21(28-19(16)17)15-7-5-4-6-8-15/h4-10,21H,11-12H2,1-3H3/t21-/m0/s1. The second kappa shape index (κ2) is 7.82. The molecule has 4 rings (SSSR count). The van der Waals surface area contributed by atoms with Gasteiger partial charge in [0.2, 0.25) is 16.3 Å². The zero-order valence-corrected chi connectivity index (χ0v) is 17.6. The minimum absolute atomic E-state index is 0.0154. The number of fused-ring (bicyclic) bond motifs is 1. The van der Waals surface area contributed by atoms with E-state index in [1.165, 1.54) is 26.1 Å². The maximum atomic E-state index is 14.2. The highest BCUT2D eigenvalue weighted by atomic mass is 32.2. The quantitative estimate of drug-likeness (QED) is 0.609. The lowest BCUT2D eigenvalue weighted by Gasteiger charge is -2.29. The molecule has 3 aromatic rings.